The molecule has 0 spiro atoms. The number of pyridine rings is 1. The SMILES string of the molecule is Cc1ccc2cc3c(nc2c1)CCNC3. The molecule has 1 aliphatic rings. The van der Waals surface area contributed by atoms with Gasteiger partial charge in [0.15, 0.2) is 0 Å². The van der Waals surface area contributed by atoms with Crippen LogP contribution in [0.4, 0.5) is 0 Å². The smallest absolute Gasteiger partial charge is 0.0708 e. The summed E-state index contributed by atoms with van der Waals surface area (Å²) in [5.74, 6) is 0. The van der Waals surface area contributed by atoms with Gasteiger partial charge in [-0.2, -0.15) is 0 Å². The van der Waals surface area contributed by atoms with Gasteiger partial charge in [0.25, 0.3) is 0 Å². The number of hydrogen-bond donors (Lipinski definition) is 1. The highest BCUT2D eigenvalue weighted by Gasteiger charge is 2.10. The lowest BCUT2D eigenvalue weighted by molar-refractivity contribution is 0.633. The molecule has 0 fully saturated rings. The second-order valence-electron chi connectivity index (χ2n) is 4.22. The molecule has 1 aromatic carbocycles. The molecule has 3 rings (SSSR count). The van der Waals surface area contributed by atoms with Crippen molar-refractivity contribution in [3.63, 3.8) is 0 Å². The highest BCUT2D eigenvalue weighted by atomic mass is 14.9. The van der Waals surface area contributed by atoms with Gasteiger partial charge >= 0.3 is 0 Å². The summed E-state index contributed by atoms with van der Waals surface area (Å²) >= 11 is 0. The van der Waals surface area contributed by atoms with Gasteiger partial charge in [0, 0.05) is 30.6 Å². The first-order chi connectivity index (χ1) is 7.33. The van der Waals surface area contributed by atoms with Crippen LogP contribution in [0.15, 0.2) is 24.3 Å². The molecule has 0 radical (unpaired) electrons. The van der Waals surface area contributed by atoms with E-state index in [9.17, 15) is 0 Å². The van der Waals surface area contributed by atoms with Crippen LogP contribution in [-0.2, 0) is 13.0 Å². The minimum Gasteiger partial charge on any atom is -0.312 e. The summed E-state index contributed by atoms with van der Waals surface area (Å²) in [5, 5.41) is 4.63. The van der Waals surface area contributed by atoms with Crippen molar-refractivity contribution in [2.75, 3.05) is 6.54 Å². The standard InChI is InChI=1S/C13H14N2/c1-9-2-3-10-7-11-8-14-5-4-12(11)15-13(10)6-9/h2-3,6-7,14H,4-5,8H2,1H3. The third kappa shape index (κ3) is 1.51. The van der Waals surface area contributed by atoms with Crippen molar-refractivity contribution in [2.24, 2.45) is 0 Å². The third-order valence-corrected chi connectivity index (χ3v) is 3.00. The van der Waals surface area contributed by atoms with E-state index in [1.807, 2.05) is 0 Å². The van der Waals surface area contributed by atoms with Crippen LogP contribution >= 0.6 is 0 Å². The van der Waals surface area contributed by atoms with Gasteiger partial charge < -0.3 is 5.32 Å². The van der Waals surface area contributed by atoms with Crippen molar-refractivity contribution < 1.29 is 0 Å². The Bertz CT molecular complexity index is 517. The van der Waals surface area contributed by atoms with Crippen molar-refractivity contribution in [2.45, 2.75) is 19.9 Å². The largest absolute Gasteiger partial charge is 0.312 e. The normalized spacial score (nSPS) is 15.3. The van der Waals surface area contributed by atoms with Crippen LogP contribution in [0.25, 0.3) is 10.9 Å². The van der Waals surface area contributed by atoms with Crippen LogP contribution in [0, 0.1) is 6.92 Å². The van der Waals surface area contributed by atoms with Gasteiger partial charge in [0.2, 0.25) is 0 Å². The van der Waals surface area contributed by atoms with E-state index in [0.717, 1.165) is 25.0 Å². The molecule has 1 aliphatic heterocycles. The fourth-order valence-corrected chi connectivity index (χ4v) is 2.16. The molecule has 0 atom stereocenters. The van der Waals surface area contributed by atoms with Gasteiger partial charge in [0.05, 0.1) is 5.52 Å². The first-order valence-electron chi connectivity index (χ1n) is 5.43. The second-order valence-corrected chi connectivity index (χ2v) is 4.22. The van der Waals surface area contributed by atoms with Crippen molar-refractivity contribution in [1.82, 2.24) is 10.3 Å². The van der Waals surface area contributed by atoms with E-state index in [2.05, 4.69) is 36.5 Å². The minimum absolute atomic E-state index is 0.964. The summed E-state index contributed by atoms with van der Waals surface area (Å²) in [7, 11) is 0. The maximum absolute atomic E-state index is 4.74. The Labute approximate surface area is 89.3 Å². The van der Waals surface area contributed by atoms with Gasteiger partial charge in [-0.05, 0) is 30.2 Å². The van der Waals surface area contributed by atoms with Crippen molar-refractivity contribution in [1.29, 1.82) is 0 Å². The molecule has 2 nitrogen and oxygen atoms in total. The molecule has 1 N–H and O–H groups in total. The molecule has 2 aromatic rings. The highest BCUT2D eigenvalue weighted by Crippen LogP contribution is 2.20. The van der Waals surface area contributed by atoms with Crippen LogP contribution in [0.5, 0.6) is 0 Å². The molecular weight excluding hydrogens is 184 g/mol. The summed E-state index contributed by atoms with van der Waals surface area (Å²) in [6, 6.07) is 8.74. The highest BCUT2D eigenvalue weighted by molar-refractivity contribution is 5.80. The topological polar surface area (TPSA) is 24.9 Å². The zero-order chi connectivity index (χ0) is 10.3. The van der Waals surface area contributed by atoms with Crippen molar-refractivity contribution in [3.05, 3.63) is 41.1 Å². The third-order valence-electron chi connectivity index (χ3n) is 3.00. The van der Waals surface area contributed by atoms with Gasteiger partial charge in [-0.25, -0.2) is 0 Å². The van der Waals surface area contributed by atoms with Crippen molar-refractivity contribution in [3.8, 4) is 0 Å². The number of hydrogen-bond acceptors (Lipinski definition) is 2. The Morgan fingerprint density at radius 2 is 2.20 bits per heavy atom. The van der Waals surface area contributed by atoms with Crippen LogP contribution < -0.4 is 5.32 Å². The number of aryl methyl sites for hydroxylation is 1. The van der Waals surface area contributed by atoms with E-state index >= 15 is 0 Å². The molecule has 2 heterocycles. The Kier molecular flexibility index (Phi) is 1.96. The summed E-state index contributed by atoms with van der Waals surface area (Å²) in [5.41, 5.74) is 5.05. The Morgan fingerprint density at radius 1 is 1.27 bits per heavy atom. The molecule has 0 saturated heterocycles. The maximum Gasteiger partial charge on any atom is 0.0708 e. The lowest BCUT2D eigenvalue weighted by Gasteiger charge is -2.16. The number of aromatic nitrogens is 1. The van der Waals surface area contributed by atoms with Crippen LogP contribution in [0.1, 0.15) is 16.8 Å². The quantitative estimate of drug-likeness (QED) is 0.702. The van der Waals surface area contributed by atoms with Gasteiger partial charge in [-0.1, -0.05) is 12.1 Å². The number of fused-ring (bicyclic) bond motifs is 2. The number of nitrogens with one attached hydrogen (secondary N) is 1. The average Bonchev–Trinajstić information content (AvgIpc) is 2.26. The Morgan fingerprint density at radius 3 is 3.13 bits per heavy atom. The van der Waals surface area contributed by atoms with Crippen molar-refractivity contribution >= 4 is 10.9 Å². The monoisotopic (exact) mass is 198 g/mol. The van der Waals surface area contributed by atoms with E-state index < -0.39 is 0 Å². The molecule has 0 amide bonds. The molecule has 2 heteroatoms. The fourth-order valence-electron chi connectivity index (χ4n) is 2.16. The van der Waals surface area contributed by atoms with Crippen LogP contribution in [0.2, 0.25) is 0 Å². The first kappa shape index (κ1) is 8.86. The maximum atomic E-state index is 4.74. The molecule has 0 bridgehead atoms. The Hall–Kier alpha value is -1.41. The van der Waals surface area contributed by atoms with E-state index in [0.29, 0.717) is 0 Å². The van der Waals surface area contributed by atoms with Gasteiger partial charge in [-0.3, -0.25) is 4.98 Å². The van der Waals surface area contributed by atoms with E-state index in [4.69, 9.17) is 4.98 Å². The molecule has 0 aliphatic carbocycles. The van der Waals surface area contributed by atoms with Crippen LogP contribution in [-0.4, -0.2) is 11.5 Å². The number of rotatable bonds is 0. The second kappa shape index (κ2) is 3.31. The zero-order valence-corrected chi connectivity index (χ0v) is 8.88. The Balaban J connectivity index is 2.26. The van der Waals surface area contributed by atoms with E-state index in [1.54, 1.807) is 0 Å². The summed E-state index contributed by atoms with van der Waals surface area (Å²) < 4.78 is 0. The lowest BCUT2D eigenvalue weighted by Crippen LogP contribution is -2.24. The van der Waals surface area contributed by atoms with E-state index in [-0.39, 0.29) is 0 Å². The molecule has 76 valence electrons. The fraction of sp³-hybridized carbons (Fsp3) is 0.308. The summed E-state index contributed by atoms with van der Waals surface area (Å²) in [4.78, 5) is 4.74. The predicted octanol–water partition coefficient (Wildman–Crippen LogP) is 2.19. The van der Waals surface area contributed by atoms with E-state index in [1.165, 1.54) is 22.2 Å². The molecule has 0 saturated carbocycles. The lowest BCUT2D eigenvalue weighted by atomic mass is 10.0. The van der Waals surface area contributed by atoms with Gasteiger partial charge in [0.1, 0.15) is 0 Å². The summed E-state index contributed by atoms with van der Waals surface area (Å²) in [6.45, 7) is 4.13. The summed E-state index contributed by atoms with van der Waals surface area (Å²) in [6.07, 6.45) is 1.05. The molecule has 15 heavy (non-hydrogen) atoms. The molecule has 1 aromatic heterocycles. The average molecular weight is 198 g/mol. The zero-order valence-electron chi connectivity index (χ0n) is 8.88. The number of nitrogens with zero attached hydrogens (tertiary/aromatic N) is 1. The minimum atomic E-state index is 0.964. The predicted molar refractivity (Wildman–Crippen MR) is 61.9 cm³/mol. The molecular formula is C13H14N2. The van der Waals surface area contributed by atoms with Crippen LogP contribution in [0.3, 0.4) is 0 Å². The number of benzene rings is 1. The molecule has 0 unspecified atom stereocenters. The first-order valence-corrected chi connectivity index (χ1v) is 5.43. The van der Waals surface area contributed by atoms with Gasteiger partial charge in [-0.15, -0.1) is 0 Å².